The maximum Gasteiger partial charge on any atom is 0.490 e. The zero-order valence-corrected chi connectivity index (χ0v) is 24.9. The van der Waals surface area contributed by atoms with Crippen molar-refractivity contribution >= 4 is 44.4 Å². The van der Waals surface area contributed by atoms with E-state index in [0.717, 1.165) is 24.4 Å². The van der Waals surface area contributed by atoms with Gasteiger partial charge in [-0.1, -0.05) is 13.8 Å². The quantitative estimate of drug-likeness (QED) is 0.187. The average Bonchev–Trinajstić information content (AvgIpc) is 3.38. The Morgan fingerprint density at radius 2 is 1.64 bits per heavy atom. The number of halogens is 6. The number of carbonyl (C=O) groups is 2. The molecular weight excluding hydrogens is 650 g/mol. The molecule has 2 atom stereocenters. The third-order valence-electron chi connectivity index (χ3n) is 5.27. The van der Waals surface area contributed by atoms with Crippen LogP contribution in [0.5, 0.6) is 0 Å². The first kappa shape index (κ1) is 40.2. The summed E-state index contributed by atoms with van der Waals surface area (Å²) in [5.41, 5.74) is 12.0. The van der Waals surface area contributed by atoms with Crippen LogP contribution in [-0.2, 0) is 19.6 Å². The van der Waals surface area contributed by atoms with Gasteiger partial charge in [0.05, 0.1) is 5.56 Å². The van der Waals surface area contributed by atoms with Gasteiger partial charge in [-0.05, 0) is 43.7 Å². The molecule has 44 heavy (non-hydrogen) atoms. The number of aliphatic carboxylic acids is 2. The number of hydrogen-bond donors (Lipinski definition) is 6. The van der Waals surface area contributed by atoms with E-state index in [9.17, 15) is 40.0 Å². The summed E-state index contributed by atoms with van der Waals surface area (Å²) in [4.78, 5) is 25.6. The molecule has 2 heterocycles. The number of rotatable bonds is 11. The molecule has 22 heteroatoms. The third kappa shape index (κ3) is 15.1. The second-order valence-corrected chi connectivity index (χ2v) is 12.0. The number of nitrogens with one attached hydrogen (secondary N) is 2. The molecule has 0 aliphatic rings. The van der Waals surface area contributed by atoms with Gasteiger partial charge in [0.15, 0.2) is 0 Å². The van der Waals surface area contributed by atoms with Crippen LogP contribution in [0.2, 0.25) is 0 Å². The second-order valence-electron chi connectivity index (χ2n) is 9.54. The molecule has 2 aromatic heterocycles. The first-order chi connectivity index (χ1) is 20.0. The molecule has 0 amide bonds. The summed E-state index contributed by atoms with van der Waals surface area (Å²) in [6.07, 6.45) is -5.98. The molecule has 248 valence electrons. The van der Waals surface area contributed by atoms with Gasteiger partial charge in [-0.2, -0.15) is 36.0 Å². The van der Waals surface area contributed by atoms with E-state index in [2.05, 4.69) is 38.2 Å². The van der Waals surface area contributed by atoms with Gasteiger partial charge < -0.3 is 27.0 Å². The molecule has 0 saturated carbocycles. The summed E-state index contributed by atoms with van der Waals surface area (Å²) in [5.74, 6) is -5.07. The maximum absolute atomic E-state index is 12.5. The number of nitrogens with two attached hydrogens (primary N) is 2. The molecular formula is C22H30F6N8O6S2. The van der Waals surface area contributed by atoms with Crippen molar-refractivity contribution in [3.8, 4) is 6.07 Å². The van der Waals surface area contributed by atoms with Gasteiger partial charge in [-0.3, -0.25) is 4.72 Å². The minimum atomic E-state index is -5.08. The molecule has 2 aromatic rings. The lowest BCUT2D eigenvalue weighted by molar-refractivity contribution is -0.193. The normalized spacial score (nSPS) is 13.1. The Balaban J connectivity index is 0.00000109. The maximum atomic E-state index is 12.5. The van der Waals surface area contributed by atoms with E-state index < -0.39 is 34.3 Å². The van der Waals surface area contributed by atoms with Crippen molar-refractivity contribution < 1.29 is 54.6 Å². The monoisotopic (exact) mass is 680 g/mol. The van der Waals surface area contributed by atoms with E-state index in [1.54, 1.807) is 0 Å². The summed E-state index contributed by atoms with van der Waals surface area (Å²) in [6, 6.07) is 3.20. The lowest BCUT2D eigenvalue weighted by atomic mass is 9.78. The predicted octanol–water partition coefficient (Wildman–Crippen LogP) is 3.01. The summed E-state index contributed by atoms with van der Waals surface area (Å²) >= 11 is 0.911. The first-order valence-electron chi connectivity index (χ1n) is 12.0. The number of pyridine rings is 1. The fourth-order valence-electron chi connectivity index (χ4n) is 3.08. The number of alkyl halides is 6. The van der Waals surface area contributed by atoms with Crippen LogP contribution in [0.1, 0.15) is 39.2 Å². The van der Waals surface area contributed by atoms with Crippen molar-refractivity contribution in [2.45, 2.75) is 56.9 Å². The highest BCUT2D eigenvalue weighted by atomic mass is 32.2. The lowest BCUT2D eigenvalue weighted by Gasteiger charge is -2.32. The van der Waals surface area contributed by atoms with Crippen molar-refractivity contribution in [3.05, 3.63) is 24.2 Å². The van der Waals surface area contributed by atoms with Crippen LogP contribution in [0.15, 0.2) is 23.5 Å². The van der Waals surface area contributed by atoms with Gasteiger partial charge in [-0.25, -0.2) is 28.0 Å². The molecule has 8 N–H and O–H groups in total. The van der Waals surface area contributed by atoms with Gasteiger partial charge in [0.2, 0.25) is 5.13 Å². The van der Waals surface area contributed by atoms with Crippen molar-refractivity contribution in [1.29, 1.82) is 5.26 Å². The molecule has 2 unspecified atom stereocenters. The van der Waals surface area contributed by atoms with Crippen LogP contribution >= 0.6 is 11.5 Å². The average molecular weight is 681 g/mol. The molecule has 2 rings (SSSR count). The van der Waals surface area contributed by atoms with Crippen molar-refractivity contribution in [3.63, 3.8) is 0 Å². The van der Waals surface area contributed by atoms with Crippen LogP contribution in [0.25, 0.3) is 0 Å². The highest BCUT2D eigenvalue weighted by molar-refractivity contribution is 7.93. The lowest BCUT2D eigenvalue weighted by Crippen LogP contribution is -2.36. The number of nitrogens with zero attached hydrogens (tertiary/aromatic N) is 4. The Kier molecular flexibility index (Phi) is 15.4. The minimum Gasteiger partial charge on any atom is -0.475 e. The highest BCUT2D eigenvalue weighted by Crippen LogP contribution is 2.30. The molecule has 0 bridgehead atoms. The summed E-state index contributed by atoms with van der Waals surface area (Å²) in [6.45, 7) is 7.35. The standard InChI is InChI=1S/C18H28N8O2S2.2C2HF3O2/c1-12(21)14(7-18(2,3)4-5-19)9-22-16-13(8-20)6-15(10-23-16)30(27,28)26-17-24-11-25-29-17;2*3-2(4,5)1(6)7/h6,10-12,14H,4-5,7,9,19,21H2,1-3H3,(H,22,23)(H,24,25,26);2*(H,6,7). The molecule has 0 fully saturated rings. The van der Waals surface area contributed by atoms with E-state index in [1.165, 1.54) is 18.6 Å². The van der Waals surface area contributed by atoms with E-state index in [-0.39, 0.29) is 33.0 Å². The van der Waals surface area contributed by atoms with E-state index >= 15 is 0 Å². The summed E-state index contributed by atoms with van der Waals surface area (Å²) in [5, 5.41) is 27.0. The van der Waals surface area contributed by atoms with Crippen molar-refractivity contribution in [2.24, 2.45) is 22.8 Å². The Labute approximate surface area is 251 Å². The SMILES string of the molecule is CC(N)C(CNc1ncc(S(=O)(=O)Nc2ncns2)cc1C#N)CC(C)(C)CCN.O=C(O)C(F)(F)F.O=C(O)C(F)(F)F. The van der Waals surface area contributed by atoms with Gasteiger partial charge in [0.1, 0.15) is 23.1 Å². The van der Waals surface area contributed by atoms with Crippen LogP contribution in [0.3, 0.4) is 0 Å². The van der Waals surface area contributed by atoms with Crippen LogP contribution < -0.4 is 21.5 Å². The van der Waals surface area contributed by atoms with Crippen LogP contribution in [0, 0.1) is 22.7 Å². The minimum absolute atomic E-state index is 0.0362. The number of carboxylic acid groups (broad SMARTS) is 2. The van der Waals surface area contributed by atoms with E-state index in [0.29, 0.717) is 18.9 Å². The Morgan fingerprint density at radius 3 is 2.02 bits per heavy atom. The van der Waals surface area contributed by atoms with Crippen molar-refractivity contribution in [2.75, 3.05) is 23.1 Å². The fraction of sp³-hybridized carbons (Fsp3) is 0.545. The summed E-state index contributed by atoms with van der Waals surface area (Å²) in [7, 11) is -3.92. The molecule has 0 aliphatic heterocycles. The third-order valence-corrected chi connectivity index (χ3v) is 7.29. The van der Waals surface area contributed by atoms with E-state index in [4.69, 9.17) is 31.3 Å². The smallest absolute Gasteiger partial charge is 0.475 e. The Bertz CT molecular complexity index is 1340. The topological polar surface area (TPSA) is 247 Å². The second kappa shape index (κ2) is 16.9. The molecule has 0 radical (unpaired) electrons. The number of hydrogen-bond acceptors (Lipinski definition) is 12. The largest absolute Gasteiger partial charge is 0.490 e. The molecule has 0 saturated heterocycles. The van der Waals surface area contributed by atoms with Crippen LogP contribution in [-0.4, -0.2) is 76.4 Å². The predicted molar refractivity (Wildman–Crippen MR) is 145 cm³/mol. The Morgan fingerprint density at radius 1 is 1.11 bits per heavy atom. The molecule has 14 nitrogen and oxygen atoms in total. The van der Waals surface area contributed by atoms with Crippen molar-refractivity contribution in [1.82, 2.24) is 14.3 Å². The first-order valence-corrected chi connectivity index (χ1v) is 14.2. The number of carboxylic acids is 2. The number of sulfonamides is 1. The number of anilines is 2. The molecule has 0 spiro atoms. The van der Waals surface area contributed by atoms with E-state index in [1.807, 2.05) is 13.0 Å². The molecule has 0 aromatic carbocycles. The van der Waals surface area contributed by atoms with Gasteiger partial charge in [0, 0.05) is 30.3 Å². The van der Waals surface area contributed by atoms with Gasteiger partial charge >= 0.3 is 24.3 Å². The molecule has 0 aliphatic carbocycles. The fourth-order valence-corrected chi connectivity index (χ4v) is 4.72. The van der Waals surface area contributed by atoms with Gasteiger partial charge in [0.25, 0.3) is 10.0 Å². The zero-order valence-electron chi connectivity index (χ0n) is 23.3. The highest BCUT2D eigenvalue weighted by Gasteiger charge is 2.39. The summed E-state index contributed by atoms with van der Waals surface area (Å²) < 4.78 is 94.5. The zero-order chi connectivity index (χ0) is 34.5. The number of nitriles is 1. The Hall–Kier alpha value is -3.81. The van der Waals surface area contributed by atoms with Gasteiger partial charge in [-0.15, -0.1) is 0 Å². The number of aromatic nitrogens is 3. The van der Waals surface area contributed by atoms with Crippen LogP contribution in [0.4, 0.5) is 37.3 Å².